The van der Waals surface area contributed by atoms with Crippen molar-refractivity contribution >= 4 is 9.84 Å². The van der Waals surface area contributed by atoms with Gasteiger partial charge in [0, 0.05) is 23.6 Å². The molecule has 1 heterocycles. The maximum atomic E-state index is 11.3. The smallest absolute Gasteiger partial charge is 0.147 e. The largest absolute Gasteiger partial charge is 0.312 e. The van der Waals surface area contributed by atoms with E-state index in [1.54, 1.807) is 0 Å². The molecule has 1 N–H and O–H groups in total. The third-order valence-corrected chi connectivity index (χ3v) is 5.51. The van der Waals surface area contributed by atoms with E-state index >= 15 is 0 Å². The molecule has 1 unspecified atom stereocenters. The number of likely N-dealkylation sites (tertiary alicyclic amines) is 1. The molecule has 0 aromatic heterocycles. The summed E-state index contributed by atoms with van der Waals surface area (Å²) in [7, 11) is -2.85. The van der Waals surface area contributed by atoms with Crippen molar-refractivity contribution in [3.05, 3.63) is 0 Å². The number of hydrogen-bond acceptors (Lipinski definition) is 4. The average Bonchev–Trinajstić information content (AvgIpc) is 2.37. The Hall–Kier alpha value is -0.130. The lowest BCUT2D eigenvalue weighted by atomic mass is 9.87. The van der Waals surface area contributed by atoms with Crippen LogP contribution in [0.25, 0.3) is 0 Å². The summed E-state index contributed by atoms with van der Waals surface area (Å²) in [5.74, 6) is 0.297. The molecule has 0 amide bonds. The highest BCUT2D eigenvalue weighted by atomic mass is 32.2. The SMILES string of the molecule is CCNC(CCCS(C)(=O)=O)C(C)(C)N1CCCCC1. The fourth-order valence-corrected chi connectivity index (χ4v) is 3.88. The van der Waals surface area contributed by atoms with E-state index in [2.05, 4.69) is 31.0 Å². The van der Waals surface area contributed by atoms with Gasteiger partial charge in [-0.2, -0.15) is 0 Å². The molecule has 20 heavy (non-hydrogen) atoms. The van der Waals surface area contributed by atoms with E-state index in [1.807, 2.05) is 0 Å². The lowest BCUT2D eigenvalue weighted by molar-refractivity contribution is 0.0586. The minimum absolute atomic E-state index is 0.0912. The number of hydrogen-bond donors (Lipinski definition) is 1. The Morgan fingerprint density at radius 2 is 1.80 bits per heavy atom. The first-order valence-electron chi connectivity index (χ1n) is 7.93. The second kappa shape index (κ2) is 7.76. The molecule has 0 aromatic carbocycles. The van der Waals surface area contributed by atoms with Gasteiger partial charge in [-0.25, -0.2) is 8.42 Å². The normalized spacial score (nSPS) is 20.0. The minimum Gasteiger partial charge on any atom is -0.312 e. The summed E-state index contributed by atoms with van der Waals surface area (Å²) in [5.41, 5.74) is 0.0912. The molecule has 1 aliphatic heterocycles. The van der Waals surface area contributed by atoms with Crippen LogP contribution in [0.15, 0.2) is 0 Å². The fourth-order valence-electron chi connectivity index (χ4n) is 3.19. The second-order valence-corrected chi connectivity index (χ2v) is 8.84. The first-order valence-corrected chi connectivity index (χ1v) is 9.99. The number of rotatable bonds is 8. The highest BCUT2D eigenvalue weighted by Gasteiger charge is 2.35. The molecule has 1 saturated heterocycles. The van der Waals surface area contributed by atoms with Crippen molar-refractivity contribution in [2.45, 2.75) is 64.5 Å². The molecule has 4 nitrogen and oxygen atoms in total. The Labute approximate surface area is 125 Å². The lowest BCUT2D eigenvalue weighted by Gasteiger charge is -2.46. The van der Waals surface area contributed by atoms with Gasteiger partial charge >= 0.3 is 0 Å². The molecule has 1 atom stereocenters. The van der Waals surface area contributed by atoms with E-state index in [4.69, 9.17) is 0 Å². The summed E-state index contributed by atoms with van der Waals surface area (Å²) in [6, 6.07) is 0.354. The van der Waals surface area contributed by atoms with Crippen LogP contribution in [-0.4, -0.2) is 56.5 Å². The molecule has 120 valence electrons. The lowest BCUT2D eigenvalue weighted by Crippen LogP contribution is -2.59. The van der Waals surface area contributed by atoms with E-state index in [9.17, 15) is 8.42 Å². The number of piperidine rings is 1. The molecular formula is C15H32N2O2S. The van der Waals surface area contributed by atoms with E-state index in [0.29, 0.717) is 11.8 Å². The number of nitrogens with one attached hydrogen (secondary N) is 1. The molecule has 0 aliphatic carbocycles. The third-order valence-electron chi connectivity index (χ3n) is 4.48. The predicted molar refractivity (Wildman–Crippen MR) is 85.9 cm³/mol. The summed E-state index contributed by atoms with van der Waals surface area (Å²) < 4.78 is 22.6. The fraction of sp³-hybridized carbons (Fsp3) is 1.00. The zero-order chi connectivity index (χ0) is 15.2. The first-order chi connectivity index (χ1) is 9.27. The first kappa shape index (κ1) is 17.9. The van der Waals surface area contributed by atoms with Crippen molar-refractivity contribution in [2.75, 3.05) is 31.6 Å². The van der Waals surface area contributed by atoms with Gasteiger partial charge in [0.2, 0.25) is 0 Å². The summed E-state index contributed by atoms with van der Waals surface area (Å²) >= 11 is 0. The van der Waals surface area contributed by atoms with Gasteiger partial charge in [0.05, 0.1) is 0 Å². The zero-order valence-corrected chi connectivity index (χ0v) is 14.4. The molecule has 0 aromatic rings. The van der Waals surface area contributed by atoms with Gasteiger partial charge in [-0.3, -0.25) is 4.90 Å². The monoisotopic (exact) mass is 304 g/mol. The van der Waals surface area contributed by atoms with Crippen molar-refractivity contribution in [3.63, 3.8) is 0 Å². The second-order valence-electron chi connectivity index (χ2n) is 6.58. The van der Waals surface area contributed by atoms with Crippen LogP contribution in [0.4, 0.5) is 0 Å². The van der Waals surface area contributed by atoms with Crippen molar-refractivity contribution in [2.24, 2.45) is 0 Å². The van der Waals surface area contributed by atoms with Crippen LogP contribution in [0.2, 0.25) is 0 Å². The Balaban J connectivity index is 2.62. The van der Waals surface area contributed by atoms with Crippen LogP contribution in [-0.2, 0) is 9.84 Å². The number of likely N-dealkylation sites (N-methyl/N-ethyl adjacent to an activating group) is 1. The van der Waals surface area contributed by atoms with Crippen molar-refractivity contribution in [1.29, 1.82) is 0 Å². The van der Waals surface area contributed by atoms with Gasteiger partial charge in [-0.05, 0) is 59.2 Å². The standard InChI is InChI=1S/C15H32N2O2S/c1-5-16-14(10-9-13-20(4,18)19)15(2,3)17-11-7-6-8-12-17/h14,16H,5-13H2,1-4H3. The van der Waals surface area contributed by atoms with Crippen LogP contribution in [0.5, 0.6) is 0 Å². The van der Waals surface area contributed by atoms with E-state index in [-0.39, 0.29) is 5.54 Å². The van der Waals surface area contributed by atoms with Crippen LogP contribution in [0.1, 0.15) is 52.9 Å². The van der Waals surface area contributed by atoms with Crippen LogP contribution in [0.3, 0.4) is 0 Å². The van der Waals surface area contributed by atoms with Crippen LogP contribution < -0.4 is 5.32 Å². The molecule has 1 rings (SSSR count). The molecular weight excluding hydrogens is 272 g/mol. The number of sulfone groups is 1. The molecule has 5 heteroatoms. The van der Waals surface area contributed by atoms with Gasteiger partial charge in [0.1, 0.15) is 9.84 Å². The predicted octanol–water partition coefficient (Wildman–Crippen LogP) is 2.05. The molecule has 1 fully saturated rings. The zero-order valence-electron chi connectivity index (χ0n) is 13.6. The molecule has 0 radical (unpaired) electrons. The summed E-state index contributed by atoms with van der Waals surface area (Å²) in [4.78, 5) is 2.57. The van der Waals surface area contributed by atoms with Gasteiger partial charge in [0.25, 0.3) is 0 Å². The van der Waals surface area contributed by atoms with E-state index in [1.165, 1.54) is 38.6 Å². The Kier molecular flexibility index (Phi) is 6.95. The van der Waals surface area contributed by atoms with Crippen LogP contribution in [0, 0.1) is 0 Å². The molecule has 1 aliphatic rings. The molecule has 0 bridgehead atoms. The molecule has 0 spiro atoms. The maximum absolute atomic E-state index is 11.3. The van der Waals surface area contributed by atoms with Gasteiger partial charge in [0.15, 0.2) is 0 Å². The average molecular weight is 305 g/mol. The maximum Gasteiger partial charge on any atom is 0.147 e. The Morgan fingerprint density at radius 1 is 1.20 bits per heavy atom. The quantitative estimate of drug-likeness (QED) is 0.746. The van der Waals surface area contributed by atoms with E-state index < -0.39 is 9.84 Å². The van der Waals surface area contributed by atoms with Crippen molar-refractivity contribution < 1.29 is 8.42 Å². The summed E-state index contributed by atoms with van der Waals surface area (Å²) in [6.07, 6.45) is 6.90. The highest BCUT2D eigenvalue weighted by molar-refractivity contribution is 7.90. The molecule has 0 saturated carbocycles. The van der Waals surface area contributed by atoms with Gasteiger partial charge < -0.3 is 5.32 Å². The van der Waals surface area contributed by atoms with Crippen LogP contribution >= 0.6 is 0 Å². The summed E-state index contributed by atoms with van der Waals surface area (Å²) in [6.45, 7) is 9.98. The number of nitrogens with zero attached hydrogens (tertiary/aromatic N) is 1. The third kappa shape index (κ3) is 5.70. The minimum atomic E-state index is -2.85. The highest BCUT2D eigenvalue weighted by Crippen LogP contribution is 2.26. The Bertz CT molecular complexity index is 373. The topological polar surface area (TPSA) is 49.4 Å². The van der Waals surface area contributed by atoms with Crippen molar-refractivity contribution in [1.82, 2.24) is 10.2 Å². The summed E-state index contributed by atoms with van der Waals surface area (Å²) in [5, 5.41) is 3.57. The Morgan fingerprint density at radius 3 is 2.30 bits per heavy atom. The van der Waals surface area contributed by atoms with Gasteiger partial charge in [-0.15, -0.1) is 0 Å². The van der Waals surface area contributed by atoms with Crippen molar-refractivity contribution in [3.8, 4) is 0 Å². The van der Waals surface area contributed by atoms with Gasteiger partial charge in [-0.1, -0.05) is 13.3 Å². The van der Waals surface area contributed by atoms with E-state index in [0.717, 1.165) is 19.4 Å².